The molecule has 0 heterocycles. The number of allylic oxidation sites excluding steroid dienone is 1. The van der Waals surface area contributed by atoms with Crippen molar-refractivity contribution in [3.63, 3.8) is 0 Å². The predicted molar refractivity (Wildman–Crippen MR) is 86.1 cm³/mol. The third-order valence-electron chi connectivity index (χ3n) is 5.37. The van der Waals surface area contributed by atoms with Crippen molar-refractivity contribution in [1.82, 2.24) is 5.32 Å². The van der Waals surface area contributed by atoms with E-state index in [9.17, 15) is 0 Å². The molecule has 0 aliphatic heterocycles. The highest BCUT2D eigenvalue weighted by molar-refractivity contribution is 5.18. The molecule has 116 valence electrons. The summed E-state index contributed by atoms with van der Waals surface area (Å²) >= 11 is 0. The van der Waals surface area contributed by atoms with Gasteiger partial charge in [-0.25, -0.2) is 0 Å². The van der Waals surface area contributed by atoms with Gasteiger partial charge in [-0.1, -0.05) is 50.2 Å². The van der Waals surface area contributed by atoms with Gasteiger partial charge in [-0.2, -0.15) is 0 Å². The van der Waals surface area contributed by atoms with Crippen molar-refractivity contribution in [1.29, 1.82) is 0 Å². The molecule has 0 aromatic heterocycles. The van der Waals surface area contributed by atoms with Gasteiger partial charge in [0.25, 0.3) is 0 Å². The molecule has 0 amide bonds. The van der Waals surface area contributed by atoms with E-state index in [1.54, 1.807) is 5.57 Å². The molecule has 2 nitrogen and oxygen atoms in total. The smallest absolute Gasteiger partial charge is 0.0869 e. The standard InChI is InChI=1S/C18H33NO/c1-19-17(16-12-8-4-3-5-9-13-16)18(20-2)14-10-6-7-11-15-18/h12,17,19H,3-11,13-15H2,1-2H3. The first-order valence-electron chi connectivity index (χ1n) is 8.74. The van der Waals surface area contributed by atoms with Gasteiger partial charge in [0.15, 0.2) is 0 Å². The van der Waals surface area contributed by atoms with Crippen molar-refractivity contribution in [2.45, 2.75) is 88.7 Å². The van der Waals surface area contributed by atoms with Crippen LogP contribution < -0.4 is 5.32 Å². The van der Waals surface area contributed by atoms with Crippen LogP contribution in [0.1, 0.15) is 77.0 Å². The van der Waals surface area contributed by atoms with Gasteiger partial charge in [0, 0.05) is 7.11 Å². The highest BCUT2D eigenvalue weighted by Gasteiger charge is 2.40. The van der Waals surface area contributed by atoms with Crippen LogP contribution in [0.5, 0.6) is 0 Å². The van der Waals surface area contributed by atoms with Crippen molar-refractivity contribution >= 4 is 0 Å². The zero-order chi connectivity index (χ0) is 14.3. The Kier molecular flexibility index (Phi) is 6.57. The largest absolute Gasteiger partial charge is 0.376 e. The van der Waals surface area contributed by atoms with Crippen LogP contribution in [0.4, 0.5) is 0 Å². The molecule has 0 radical (unpaired) electrons. The van der Waals surface area contributed by atoms with Crippen LogP contribution in [0.25, 0.3) is 0 Å². The third kappa shape index (κ3) is 3.85. The van der Waals surface area contributed by atoms with Gasteiger partial charge in [-0.3, -0.25) is 0 Å². The van der Waals surface area contributed by atoms with Crippen LogP contribution in [-0.4, -0.2) is 25.8 Å². The van der Waals surface area contributed by atoms with Gasteiger partial charge in [0.2, 0.25) is 0 Å². The molecule has 2 aliphatic carbocycles. The molecular formula is C18H33NO. The molecule has 20 heavy (non-hydrogen) atoms. The summed E-state index contributed by atoms with van der Waals surface area (Å²) in [6.07, 6.45) is 18.4. The van der Waals surface area contributed by atoms with Gasteiger partial charge < -0.3 is 10.1 Å². The van der Waals surface area contributed by atoms with Crippen molar-refractivity contribution in [2.75, 3.05) is 14.2 Å². The van der Waals surface area contributed by atoms with Crippen LogP contribution in [0.15, 0.2) is 11.6 Å². The minimum absolute atomic E-state index is 0.0380. The topological polar surface area (TPSA) is 21.3 Å². The fraction of sp³-hybridized carbons (Fsp3) is 0.889. The number of ether oxygens (including phenoxy) is 1. The minimum Gasteiger partial charge on any atom is -0.376 e. The lowest BCUT2D eigenvalue weighted by molar-refractivity contribution is -0.0427. The maximum Gasteiger partial charge on any atom is 0.0869 e. The van der Waals surface area contributed by atoms with Crippen LogP contribution in [0.2, 0.25) is 0 Å². The number of likely N-dealkylation sites (N-methyl/N-ethyl adjacent to an activating group) is 1. The first-order valence-corrected chi connectivity index (χ1v) is 8.74. The van der Waals surface area contributed by atoms with Gasteiger partial charge >= 0.3 is 0 Å². The first-order chi connectivity index (χ1) is 9.82. The maximum atomic E-state index is 6.13. The Morgan fingerprint density at radius 1 is 1.00 bits per heavy atom. The maximum absolute atomic E-state index is 6.13. The molecule has 1 N–H and O–H groups in total. The Bertz CT molecular complexity index is 303. The van der Waals surface area contributed by atoms with Gasteiger partial charge in [0.1, 0.15) is 0 Å². The molecule has 0 saturated heterocycles. The van der Waals surface area contributed by atoms with E-state index in [2.05, 4.69) is 18.4 Å². The lowest BCUT2D eigenvalue weighted by atomic mass is 9.79. The lowest BCUT2D eigenvalue weighted by Crippen LogP contribution is -2.52. The number of hydrogen-bond acceptors (Lipinski definition) is 2. The second-order valence-corrected chi connectivity index (χ2v) is 6.64. The van der Waals surface area contributed by atoms with Gasteiger partial charge in [-0.15, -0.1) is 0 Å². The highest BCUT2D eigenvalue weighted by Crippen LogP contribution is 2.37. The van der Waals surface area contributed by atoms with E-state index in [0.29, 0.717) is 6.04 Å². The number of nitrogens with one attached hydrogen (secondary N) is 1. The number of hydrogen-bond donors (Lipinski definition) is 1. The quantitative estimate of drug-likeness (QED) is 0.600. The first kappa shape index (κ1) is 16.0. The monoisotopic (exact) mass is 279 g/mol. The number of rotatable bonds is 4. The second kappa shape index (κ2) is 8.19. The molecule has 1 unspecified atom stereocenters. The van der Waals surface area contributed by atoms with E-state index in [1.807, 2.05) is 7.11 Å². The second-order valence-electron chi connectivity index (χ2n) is 6.64. The van der Waals surface area contributed by atoms with E-state index >= 15 is 0 Å². The normalized spacial score (nSPS) is 26.0. The van der Waals surface area contributed by atoms with Crippen LogP contribution in [0, 0.1) is 0 Å². The van der Waals surface area contributed by atoms with Crippen molar-refractivity contribution < 1.29 is 4.74 Å². The Morgan fingerprint density at radius 2 is 1.65 bits per heavy atom. The Labute approximate surface area is 125 Å². The van der Waals surface area contributed by atoms with E-state index < -0.39 is 0 Å². The summed E-state index contributed by atoms with van der Waals surface area (Å²) in [4.78, 5) is 0. The van der Waals surface area contributed by atoms with Crippen molar-refractivity contribution in [2.24, 2.45) is 0 Å². The Balaban J connectivity index is 2.18. The van der Waals surface area contributed by atoms with Crippen molar-refractivity contribution in [3.05, 3.63) is 11.6 Å². The van der Waals surface area contributed by atoms with Gasteiger partial charge in [0.05, 0.1) is 11.6 Å². The van der Waals surface area contributed by atoms with Crippen molar-refractivity contribution in [3.8, 4) is 0 Å². The fourth-order valence-corrected chi connectivity index (χ4v) is 4.20. The SMILES string of the molecule is CNC(C1=CCCCCCC1)C1(OC)CCCCCC1. The average molecular weight is 279 g/mol. The summed E-state index contributed by atoms with van der Waals surface area (Å²) in [6.45, 7) is 0. The third-order valence-corrected chi connectivity index (χ3v) is 5.37. The molecule has 1 saturated carbocycles. The average Bonchev–Trinajstić information content (AvgIpc) is 2.68. The molecule has 0 aromatic rings. The minimum atomic E-state index is 0.0380. The Morgan fingerprint density at radius 3 is 2.30 bits per heavy atom. The molecule has 0 aromatic carbocycles. The summed E-state index contributed by atoms with van der Waals surface area (Å²) in [6, 6.07) is 0.420. The lowest BCUT2D eigenvalue weighted by Gasteiger charge is -2.41. The summed E-state index contributed by atoms with van der Waals surface area (Å²) in [5.41, 5.74) is 1.66. The summed E-state index contributed by atoms with van der Waals surface area (Å²) < 4.78 is 6.13. The van der Waals surface area contributed by atoms with E-state index in [4.69, 9.17) is 4.74 Å². The summed E-state index contributed by atoms with van der Waals surface area (Å²) in [5.74, 6) is 0. The molecule has 0 spiro atoms. The highest BCUT2D eigenvalue weighted by atomic mass is 16.5. The molecule has 1 fully saturated rings. The zero-order valence-electron chi connectivity index (χ0n) is 13.5. The molecule has 2 heteroatoms. The van der Waals surface area contributed by atoms with Crippen LogP contribution in [0.3, 0.4) is 0 Å². The molecule has 2 rings (SSSR count). The summed E-state index contributed by atoms with van der Waals surface area (Å²) in [7, 11) is 4.05. The molecule has 1 atom stereocenters. The zero-order valence-corrected chi connectivity index (χ0v) is 13.5. The van der Waals surface area contributed by atoms with Crippen LogP contribution >= 0.6 is 0 Å². The Hall–Kier alpha value is -0.340. The molecule has 2 aliphatic rings. The van der Waals surface area contributed by atoms with E-state index in [-0.39, 0.29) is 5.60 Å². The van der Waals surface area contributed by atoms with Crippen LogP contribution in [-0.2, 0) is 4.74 Å². The fourth-order valence-electron chi connectivity index (χ4n) is 4.20. The molecular weight excluding hydrogens is 246 g/mol. The number of methoxy groups -OCH3 is 1. The van der Waals surface area contributed by atoms with E-state index in [1.165, 1.54) is 77.0 Å². The van der Waals surface area contributed by atoms with E-state index in [0.717, 1.165) is 0 Å². The molecule has 0 bridgehead atoms. The predicted octanol–water partition coefficient (Wildman–Crippen LogP) is 4.59. The van der Waals surface area contributed by atoms with Gasteiger partial charge in [-0.05, 0) is 45.6 Å². The summed E-state index contributed by atoms with van der Waals surface area (Å²) in [5, 5.41) is 3.62.